The van der Waals surface area contributed by atoms with Crippen LogP contribution >= 0.6 is 0 Å². The summed E-state index contributed by atoms with van der Waals surface area (Å²) in [6, 6.07) is 0. The van der Waals surface area contributed by atoms with Crippen LogP contribution in [-0.2, 0) is 0 Å². The standard InChI is InChI=1S/C9H13N3.BF4/c1-3-11-9-5-4-8(12-10)6-7(9)2;2-1(3,4)5/h5-6,11H,3-4H2,1-2H3;/q;-1. The Morgan fingerprint density at radius 1 is 1.41 bits per heavy atom. The Morgan fingerprint density at radius 2 is 1.94 bits per heavy atom. The third-order valence-electron chi connectivity index (χ3n) is 1.82. The summed E-state index contributed by atoms with van der Waals surface area (Å²) in [5, 5.41) is 3.24. The van der Waals surface area contributed by atoms with E-state index in [0.29, 0.717) is 12.1 Å². The van der Waals surface area contributed by atoms with Crippen LogP contribution in [0.1, 0.15) is 20.3 Å². The van der Waals surface area contributed by atoms with Gasteiger partial charge in [0, 0.05) is 18.3 Å². The molecule has 3 nitrogen and oxygen atoms in total. The maximum atomic E-state index is 9.75. The molecule has 0 saturated carbocycles. The number of halogens is 4. The van der Waals surface area contributed by atoms with E-state index in [0.717, 1.165) is 17.8 Å². The van der Waals surface area contributed by atoms with Crippen molar-refractivity contribution in [3.05, 3.63) is 29.0 Å². The van der Waals surface area contributed by atoms with Crippen molar-refractivity contribution in [2.45, 2.75) is 20.3 Å². The first-order valence-electron chi connectivity index (χ1n) is 4.98. The third kappa shape index (κ3) is 8.27. The maximum Gasteiger partial charge on any atom is 0.673 e. The van der Waals surface area contributed by atoms with Crippen LogP contribution in [0, 0.1) is 0 Å². The second-order valence-electron chi connectivity index (χ2n) is 3.27. The summed E-state index contributed by atoms with van der Waals surface area (Å²) in [5.74, 6) is 0. The highest BCUT2D eigenvalue weighted by molar-refractivity contribution is 6.50. The van der Waals surface area contributed by atoms with Crippen molar-refractivity contribution in [3.8, 4) is 0 Å². The van der Waals surface area contributed by atoms with Crippen LogP contribution in [0.15, 0.2) is 23.4 Å². The summed E-state index contributed by atoms with van der Waals surface area (Å²) in [4.78, 5) is 3.16. The molecule has 0 aromatic carbocycles. The topological polar surface area (TPSA) is 48.4 Å². The first kappa shape index (κ1) is 15.4. The summed E-state index contributed by atoms with van der Waals surface area (Å²) in [6.45, 7) is 4.98. The number of hydrogen-bond acceptors (Lipinski definition) is 1. The lowest BCUT2D eigenvalue weighted by Gasteiger charge is -2.11. The van der Waals surface area contributed by atoms with E-state index in [1.54, 1.807) is 0 Å². The molecular weight excluding hydrogens is 237 g/mol. The van der Waals surface area contributed by atoms with E-state index in [9.17, 15) is 17.3 Å². The zero-order valence-electron chi connectivity index (χ0n) is 9.55. The van der Waals surface area contributed by atoms with Crippen molar-refractivity contribution in [2.24, 2.45) is 0 Å². The number of rotatable bonds is 2. The molecule has 0 aliphatic heterocycles. The molecule has 0 atom stereocenters. The van der Waals surface area contributed by atoms with Gasteiger partial charge in [-0.25, -0.2) is 0 Å². The first-order chi connectivity index (χ1) is 7.77. The van der Waals surface area contributed by atoms with Gasteiger partial charge in [-0.3, -0.25) is 0 Å². The van der Waals surface area contributed by atoms with Gasteiger partial charge >= 0.3 is 7.25 Å². The van der Waals surface area contributed by atoms with Gasteiger partial charge in [0.1, 0.15) is 0 Å². The smallest absolute Gasteiger partial charge is 0.418 e. The van der Waals surface area contributed by atoms with Crippen LogP contribution in [0.25, 0.3) is 5.53 Å². The molecule has 8 heteroatoms. The predicted octanol–water partition coefficient (Wildman–Crippen LogP) is 2.80. The highest BCUT2D eigenvalue weighted by Gasteiger charge is 2.20. The first-order valence-corrected chi connectivity index (χ1v) is 4.98. The monoisotopic (exact) mass is 250 g/mol. The number of allylic oxidation sites excluding steroid dienone is 3. The molecule has 1 aliphatic rings. The van der Waals surface area contributed by atoms with E-state index in [2.05, 4.69) is 17.0 Å². The molecule has 0 saturated heterocycles. The van der Waals surface area contributed by atoms with Crippen molar-refractivity contribution in [1.29, 1.82) is 0 Å². The molecule has 0 fully saturated rings. The Bertz CT molecular complexity index is 361. The fraction of sp³-hybridized carbons (Fsp3) is 0.444. The second kappa shape index (κ2) is 6.91. The van der Waals surface area contributed by atoms with E-state index >= 15 is 0 Å². The number of likely N-dealkylation sites (N-methyl/N-ethyl adjacent to an activating group) is 1. The molecule has 0 unspecified atom stereocenters. The lowest BCUT2D eigenvalue weighted by molar-refractivity contribution is -0.00548. The molecule has 0 bridgehead atoms. The SMILES string of the molecule is CCNC1=CCC(=[N+]=[N-])C=C1C.F[B-](F)(F)F. The van der Waals surface area contributed by atoms with Gasteiger partial charge < -0.3 is 28.1 Å². The summed E-state index contributed by atoms with van der Waals surface area (Å²) in [6.07, 6.45) is 4.63. The van der Waals surface area contributed by atoms with Crippen LogP contribution in [0.2, 0.25) is 0 Å². The zero-order valence-corrected chi connectivity index (χ0v) is 9.55. The van der Waals surface area contributed by atoms with Crippen LogP contribution in [0.5, 0.6) is 0 Å². The summed E-state index contributed by atoms with van der Waals surface area (Å²) < 4.78 is 39.0. The van der Waals surface area contributed by atoms with Crippen molar-refractivity contribution < 1.29 is 22.1 Å². The molecule has 0 aromatic heterocycles. The molecule has 0 radical (unpaired) electrons. The van der Waals surface area contributed by atoms with E-state index in [4.69, 9.17) is 5.53 Å². The highest BCUT2D eigenvalue weighted by Crippen LogP contribution is 2.12. The molecule has 0 spiro atoms. The Balaban J connectivity index is 0.000000437. The zero-order chi connectivity index (χ0) is 13.5. The lowest BCUT2D eigenvalue weighted by atomic mass is 10.0. The number of nitrogens with one attached hydrogen (secondary N) is 1. The number of nitrogens with zero attached hydrogens (tertiary/aromatic N) is 2. The molecule has 96 valence electrons. The van der Waals surface area contributed by atoms with Crippen molar-refractivity contribution >= 4 is 13.0 Å². The van der Waals surface area contributed by atoms with Gasteiger partial charge in [0.15, 0.2) is 0 Å². The van der Waals surface area contributed by atoms with Gasteiger partial charge in [-0.05, 0) is 25.5 Å². The van der Waals surface area contributed by atoms with Gasteiger partial charge in [0.05, 0.1) is 6.42 Å². The summed E-state index contributed by atoms with van der Waals surface area (Å²) in [7, 11) is -6.00. The van der Waals surface area contributed by atoms with Crippen LogP contribution < -0.4 is 5.32 Å². The van der Waals surface area contributed by atoms with Crippen molar-refractivity contribution in [2.75, 3.05) is 6.54 Å². The predicted molar refractivity (Wildman–Crippen MR) is 58.9 cm³/mol. The van der Waals surface area contributed by atoms with E-state index in [1.807, 2.05) is 19.1 Å². The molecular formula is C9H13BF4N3-. The van der Waals surface area contributed by atoms with E-state index < -0.39 is 7.25 Å². The van der Waals surface area contributed by atoms with Crippen molar-refractivity contribution in [3.63, 3.8) is 0 Å². The molecule has 1 aliphatic carbocycles. The molecule has 1 N–H and O–H groups in total. The Kier molecular flexibility index (Phi) is 6.27. The second-order valence-corrected chi connectivity index (χ2v) is 3.27. The summed E-state index contributed by atoms with van der Waals surface area (Å²) in [5.41, 5.74) is 11.5. The number of hydrogen-bond donors (Lipinski definition) is 1. The largest absolute Gasteiger partial charge is 0.673 e. The van der Waals surface area contributed by atoms with Gasteiger partial charge in [-0.2, -0.15) is 4.79 Å². The van der Waals surface area contributed by atoms with Gasteiger partial charge in [0.2, 0.25) is 0 Å². The van der Waals surface area contributed by atoms with Crippen molar-refractivity contribution in [1.82, 2.24) is 5.32 Å². The van der Waals surface area contributed by atoms with Crippen LogP contribution in [-0.4, -0.2) is 24.3 Å². The highest BCUT2D eigenvalue weighted by atomic mass is 19.5. The molecule has 0 heterocycles. The molecule has 0 amide bonds. The molecule has 1 rings (SSSR count). The molecule has 0 aromatic rings. The van der Waals surface area contributed by atoms with E-state index in [1.165, 1.54) is 0 Å². The average Bonchev–Trinajstić information content (AvgIpc) is 2.19. The third-order valence-corrected chi connectivity index (χ3v) is 1.82. The summed E-state index contributed by atoms with van der Waals surface area (Å²) >= 11 is 0. The Morgan fingerprint density at radius 3 is 2.29 bits per heavy atom. The fourth-order valence-electron chi connectivity index (χ4n) is 1.23. The van der Waals surface area contributed by atoms with Crippen LogP contribution in [0.4, 0.5) is 17.3 Å². The van der Waals surface area contributed by atoms with E-state index in [-0.39, 0.29) is 0 Å². The van der Waals surface area contributed by atoms with Crippen LogP contribution in [0.3, 0.4) is 0 Å². The quantitative estimate of drug-likeness (QED) is 0.348. The van der Waals surface area contributed by atoms with Gasteiger partial charge in [-0.1, -0.05) is 0 Å². The fourth-order valence-corrected chi connectivity index (χ4v) is 1.23. The Hall–Kier alpha value is -1.56. The minimum atomic E-state index is -6.00. The minimum absolute atomic E-state index is 0.705. The maximum absolute atomic E-state index is 9.75. The molecule has 17 heavy (non-hydrogen) atoms. The van der Waals surface area contributed by atoms with Gasteiger partial charge in [-0.15, -0.1) is 0 Å². The normalized spacial score (nSPS) is 15.1. The minimum Gasteiger partial charge on any atom is -0.418 e. The lowest BCUT2D eigenvalue weighted by Crippen LogP contribution is -2.16. The van der Waals surface area contributed by atoms with Gasteiger partial charge in [0.25, 0.3) is 5.71 Å². The average molecular weight is 250 g/mol. The Labute approximate surface area is 96.9 Å².